The molecule has 0 aromatic rings. The highest BCUT2D eigenvalue weighted by Crippen LogP contribution is 2.05. The zero-order chi connectivity index (χ0) is 13.2. The third-order valence-corrected chi connectivity index (χ3v) is 3.52. The molecule has 0 aromatic carbocycles. The molecule has 1 fully saturated rings. The largest absolute Gasteiger partial charge is 0.515 e. The van der Waals surface area contributed by atoms with Crippen LogP contribution in [0.15, 0.2) is 24.0 Å². The number of rotatable bonds is 7. The predicted molar refractivity (Wildman–Crippen MR) is 77.9 cm³/mol. The first-order chi connectivity index (χ1) is 8.80. The molecule has 104 valence electrons. The van der Waals surface area contributed by atoms with E-state index in [0.717, 1.165) is 25.0 Å². The lowest BCUT2D eigenvalue weighted by atomic mass is 10.2. The summed E-state index contributed by atoms with van der Waals surface area (Å²) < 4.78 is 0. The van der Waals surface area contributed by atoms with Gasteiger partial charge in [0.25, 0.3) is 0 Å². The summed E-state index contributed by atoms with van der Waals surface area (Å²) in [5.74, 6) is 0. The Bertz CT molecular complexity index is 266. The molecular formula is C15H28N2O. The molecule has 3 heteroatoms. The third-order valence-electron chi connectivity index (χ3n) is 3.52. The molecule has 0 saturated carbocycles. The number of piperazine rings is 1. The Balaban J connectivity index is 2.14. The Morgan fingerprint density at radius 1 is 1.06 bits per heavy atom. The van der Waals surface area contributed by atoms with Gasteiger partial charge in [0.15, 0.2) is 0 Å². The van der Waals surface area contributed by atoms with Crippen LogP contribution in [0.3, 0.4) is 0 Å². The molecule has 0 aliphatic carbocycles. The van der Waals surface area contributed by atoms with Crippen LogP contribution in [0.1, 0.15) is 33.1 Å². The average molecular weight is 252 g/mol. The molecule has 0 atom stereocenters. The standard InChI is InChI=1S/C15H28N2O/c1-3-8-16-10-12-17(13-11-16)9-6-5-7-15(4-2)14-18/h5,7,14,18H,3-4,6,8-13H2,1-2H3/b7-5-,15-14-. The van der Waals surface area contributed by atoms with Gasteiger partial charge in [0.05, 0.1) is 6.26 Å². The minimum absolute atomic E-state index is 0.892. The fraction of sp³-hybridized carbons (Fsp3) is 0.733. The van der Waals surface area contributed by atoms with Crippen molar-refractivity contribution in [2.45, 2.75) is 33.1 Å². The van der Waals surface area contributed by atoms with E-state index in [9.17, 15) is 0 Å². The highest BCUT2D eigenvalue weighted by molar-refractivity contribution is 5.15. The van der Waals surface area contributed by atoms with Crippen LogP contribution in [-0.2, 0) is 0 Å². The van der Waals surface area contributed by atoms with Crippen LogP contribution in [0.2, 0.25) is 0 Å². The minimum atomic E-state index is 0.892. The molecule has 0 spiro atoms. The number of nitrogens with zero attached hydrogens (tertiary/aromatic N) is 2. The summed E-state index contributed by atoms with van der Waals surface area (Å²) in [4.78, 5) is 5.08. The van der Waals surface area contributed by atoms with Gasteiger partial charge in [-0.15, -0.1) is 0 Å². The highest BCUT2D eigenvalue weighted by Gasteiger charge is 2.14. The molecule has 1 saturated heterocycles. The molecule has 1 aliphatic rings. The van der Waals surface area contributed by atoms with Crippen LogP contribution < -0.4 is 0 Å². The van der Waals surface area contributed by atoms with Gasteiger partial charge < -0.3 is 14.9 Å². The van der Waals surface area contributed by atoms with Crippen molar-refractivity contribution >= 4 is 0 Å². The first-order valence-corrected chi connectivity index (χ1v) is 7.24. The molecule has 1 N–H and O–H groups in total. The van der Waals surface area contributed by atoms with Gasteiger partial charge >= 0.3 is 0 Å². The lowest BCUT2D eigenvalue weighted by molar-refractivity contribution is 0.134. The number of hydrogen-bond acceptors (Lipinski definition) is 3. The van der Waals surface area contributed by atoms with Crippen molar-refractivity contribution in [1.82, 2.24) is 9.80 Å². The summed E-state index contributed by atoms with van der Waals surface area (Å²) >= 11 is 0. The van der Waals surface area contributed by atoms with E-state index in [1.807, 2.05) is 6.08 Å². The van der Waals surface area contributed by atoms with E-state index in [1.165, 1.54) is 45.4 Å². The summed E-state index contributed by atoms with van der Waals surface area (Å²) in [6.07, 6.45) is 8.64. The second-order valence-corrected chi connectivity index (χ2v) is 4.93. The third kappa shape index (κ3) is 5.69. The van der Waals surface area contributed by atoms with E-state index in [1.54, 1.807) is 0 Å². The predicted octanol–water partition coefficient (Wildman–Crippen LogP) is 2.81. The van der Waals surface area contributed by atoms with Crippen molar-refractivity contribution in [2.75, 3.05) is 39.3 Å². The molecule has 0 unspecified atom stereocenters. The van der Waals surface area contributed by atoms with E-state index in [4.69, 9.17) is 5.11 Å². The first-order valence-electron chi connectivity index (χ1n) is 7.24. The number of allylic oxidation sites excluding steroid dienone is 2. The van der Waals surface area contributed by atoms with Gasteiger partial charge in [0.2, 0.25) is 0 Å². The quantitative estimate of drug-likeness (QED) is 0.557. The van der Waals surface area contributed by atoms with E-state index in [-0.39, 0.29) is 0 Å². The molecule has 0 radical (unpaired) electrons. The van der Waals surface area contributed by atoms with Crippen LogP contribution in [-0.4, -0.2) is 54.2 Å². The molecule has 0 aromatic heterocycles. The van der Waals surface area contributed by atoms with Crippen molar-refractivity contribution in [3.05, 3.63) is 24.0 Å². The lowest BCUT2D eigenvalue weighted by Gasteiger charge is -2.34. The molecule has 1 rings (SSSR count). The van der Waals surface area contributed by atoms with Gasteiger partial charge in [-0.25, -0.2) is 0 Å². The first kappa shape index (κ1) is 15.3. The van der Waals surface area contributed by atoms with Crippen LogP contribution in [0.5, 0.6) is 0 Å². The van der Waals surface area contributed by atoms with Crippen LogP contribution >= 0.6 is 0 Å². The van der Waals surface area contributed by atoms with Gasteiger partial charge in [0.1, 0.15) is 0 Å². The second-order valence-electron chi connectivity index (χ2n) is 4.93. The van der Waals surface area contributed by atoms with E-state index < -0.39 is 0 Å². The molecule has 18 heavy (non-hydrogen) atoms. The Labute approximate surface area is 112 Å². The summed E-state index contributed by atoms with van der Waals surface area (Å²) in [6.45, 7) is 11.5. The topological polar surface area (TPSA) is 26.7 Å². The zero-order valence-corrected chi connectivity index (χ0v) is 11.9. The zero-order valence-electron chi connectivity index (χ0n) is 11.9. The van der Waals surface area contributed by atoms with Gasteiger partial charge in [0, 0.05) is 32.7 Å². The maximum atomic E-state index is 8.92. The summed E-state index contributed by atoms with van der Waals surface area (Å²) in [6, 6.07) is 0. The van der Waals surface area contributed by atoms with Crippen molar-refractivity contribution in [3.63, 3.8) is 0 Å². The number of aliphatic hydroxyl groups is 1. The van der Waals surface area contributed by atoms with Crippen LogP contribution in [0.25, 0.3) is 0 Å². The van der Waals surface area contributed by atoms with Crippen molar-refractivity contribution in [3.8, 4) is 0 Å². The minimum Gasteiger partial charge on any atom is -0.515 e. The molecule has 1 heterocycles. The molecule has 3 nitrogen and oxygen atoms in total. The Kier molecular flexibility index (Phi) is 7.78. The Morgan fingerprint density at radius 2 is 1.67 bits per heavy atom. The summed E-state index contributed by atoms with van der Waals surface area (Å²) in [5.41, 5.74) is 1.00. The average Bonchev–Trinajstić information content (AvgIpc) is 2.41. The fourth-order valence-corrected chi connectivity index (χ4v) is 2.30. The molecular weight excluding hydrogens is 224 g/mol. The number of aliphatic hydroxyl groups excluding tert-OH is 1. The highest BCUT2D eigenvalue weighted by atomic mass is 16.2. The van der Waals surface area contributed by atoms with E-state index in [2.05, 4.69) is 29.7 Å². The fourth-order valence-electron chi connectivity index (χ4n) is 2.30. The summed E-state index contributed by atoms with van der Waals surface area (Å²) in [5, 5.41) is 8.92. The maximum absolute atomic E-state index is 8.92. The molecule has 0 bridgehead atoms. The Hall–Kier alpha value is -0.800. The normalized spacial score (nSPS) is 19.8. The van der Waals surface area contributed by atoms with Gasteiger partial charge in [-0.3, -0.25) is 0 Å². The summed E-state index contributed by atoms with van der Waals surface area (Å²) in [7, 11) is 0. The van der Waals surface area contributed by atoms with E-state index in [0.29, 0.717) is 0 Å². The van der Waals surface area contributed by atoms with Crippen LogP contribution in [0.4, 0.5) is 0 Å². The molecule has 0 amide bonds. The monoisotopic (exact) mass is 252 g/mol. The van der Waals surface area contributed by atoms with Gasteiger partial charge in [-0.2, -0.15) is 0 Å². The van der Waals surface area contributed by atoms with Crippen molar-refractivity contribution in [1.29, 1.82) is 0 Å². The Morgan fingerprint density at radius 3 is 2.17 bits per heavy atom. The van der Waals surface area contributed by atoms with Crippen molar-refractivity contribution in [2.24, 2.45) is 0 Å². The maximum Gasteiger partial charge on any atom is 0.0823 e. The van der Waals surface area contributed by atoms with Gasteiger partial charge in [-0.1, -0.05) is 26.0 Å². The lowest BCUT2D eigenvalue weighted by Crippen LogP contribution is -2.46. The van der Waals surface area contributed by atoms with Crippen LogP contribution in [0, 0.1) is 0 Å². The molecule has 1 aliphatic heterocycles. The number of hydrogen-bond donors (Lipinski definition) is 1. The van der Waals surface area contributed by atoms with Gasteiger partial charge in [-0.05, 0) is 31.4 Å². The van der Waals surface area contributed by atoms with Crippen molar-refractivity contribution < 1.29 is 5.11 Å². The smallest absolute Gasteiger partial charge is 0.0823 e. The van der Waals surface area contributed by atoms with E-state index >= 15 is 0 Å². The second kappa shape index (κ2) is 9.17. The SMILES string of the molecule is CCCN1CCN(CC/C=C\C(=C/O)CC)CC1.